The summed E-state index contributed by atoms with van der Waals surface area (Å²) in [5.74, 6) is -0.325. The normalized spacial score (nSPS) is 20.8. The number of hydrogen-bond acceptors (Lipinski definition) is 5. The number of nitrogen functional groups attached to an aromatic ring is 1. The van der Waals surface area contributed by atoms with Crippen LogP contribution in [0.1, 0.15) is 27.7 Å². The van der Waals surface area contributed by atoms with E-state index in [9.17, 15) is 4.39 Å². The van der Waals surface area contributed by atoms with E-state index in [1.807, 2.05) is 27.7 Å². The van der Waals surface area contributed by atoms with E-state index in [-0.39, 0.29) is 5.82 Å². The average molecular weight is 294 g/mol. The highest BCUT2D eigenvalue weighted by atomic mass is 32.1. The molecule has 1 saturated heterocycles. The molecule has 1 aliphatic rings. The Hall–Kier alpha value is -1.18. The number of aromatic nitrogens is 1. The van der Waals surface area contributed by atoms with Gasteiger partial charge in [-0.3, -0.25) is 0 Å². The zero-order valence-electron chi connectivity index (χ0n) is 11.9. The number of fused-ring (bicyclic) bond motifs is 1. The van der Waals surface area contributed by atoms with Crippen LogP contribution >= 0.6 is 11.3 Å². The molecule has 7 heteroatoms. The van der Waals surface area contributed by atoms with Gasteiger partial charge in [0, 0.05) is 5.46 Å². The van der Waals surface area contributed by atoms with Crippen molar-refractivity contribution in [2.24, 2.45) is 0 Å². The van der Waals surface area contributed by atoms with Crippen LogP contribution in [0, 0.1) is 5.82 Å². The average Bonchev–Trinajstić information content (AvgIpc) is 2.78. The number of rotatable bonds is 1. The molecule has 4 nitrogen and oxygen atoms in total. The molecule has 0 spiro atoms. The van der Waals surface area contributed by atoms with Gasteiger partial charge in [-0.15, -0.1) is 0 Å². The minimum Gasteiger partial charge on any atom is -0.399 e. The van der Waals surface area contributed by atoms with Crippen LogP contribution in [0.3, 0.4) is 0 Å². The highest BCUT2D eigenvalue weighted by Gasteiger charge is 2.52. The summed E-state index contributed by atoms with van der Waals surface area (Å²) < 4.78 is 26.2. The van der Waals surface area contributed by atoms with Gasteiger partial charge in [0.15, 0.2) is 5.13 Å². The van der Waals surface area contributed by atoms with Crippen LogP contribution in [0.2, 0.25) is 0 Å². The maximum absolute atomic E-state index is 13.8. The van der Waals surface area contributed by atoms with Crippen LogP contribution < -0.4 is 11.2 Å². The zero-order chi connectivity index (χ0) is 14.7. The lowest BCUT2D eigenvalue weighted by Gasteiger charge is -2.32. The Kier molecular flexibility index (Phi) is 2.87. The Morgan fingerprint density at radius 1 is 1.20 bits per heavy atom. The Morgan fingerprint density at radius 3 is 2.40 bits per heavy atom. The van der Waals surface area contributed by atoms with E-state index >= 15 is 0 Å². The summed E-state index contributed by atoms with van der Waals surface area (Å²) in [5, 5.41) is 0.336. The van der Waals surface area contributed by atoms with Gasteiger partial charge in [0.25, 0.3) is 0 Å². The van der Waals surface area contributed by atoms with Crippen molar-refractivity contribution in [1.29, 1.82) is 0 Å². The molecular formula is C13H16BFN2O2S. The molecule has 3 rings (SSSR count). The Bertz CT molecular complexity index is 670. The lowest BCUT2D eigenvalue weighted by atomic mass is 9.78. The molecule has 1 aromatic carbocycles. The quantitative estimate of drug-likeness (QED) is 0.820. The number of halogens is 1. The second-order valence-corrected chi connectivity index (χ2v) is 6.99. The summed E-state index contributed by atoms with van der Waals surface area (Å²) in [5.41, 5.74) is 6.04. The summed E-state index contributed by atoms with van der Waals surface area (Å²) >= 11 is 1.13. The fraction of sp³-hybridized carbons (Fsp3) is 0.462. The Morgan fingerprint density at radius 2 is 1.80 bits per heavy atom. The summed E-state index contributed by atoms with van der Waals surface area (Å²) in [4.78, 5) is 4.21. The predicted octanol–water partition coefficient (Wildman–Crippen LogP) is 2.32. The number of hydrogen-bond donors (Lipinski definition) is 1. The van der Waals surface area contributed by atoms with E-state index in [1.54, 1.807) is 6.07 Å². The zero-order valence-corrected chi connectivity index (χ0v) is 12.7. The van der Waals surface area contributed by atoms with Crippen molar-refractivity contribution >= 4 is 39.3 Å². The maximum Gasteiger partial charge on any atom is 0.497 e. The highest BCUT2D eigenvalue weighted by molar-refractivity contribution is 7.22. The summed E-state index contributed by atoms with van der Waals surface area (Å²) in [6.45, 7) is 7.90. The number of anilines is 1. The molecular weight excluding hydrogens is 278 g/mol. The van der Waals surface area contributed by atoms with Crippen molar-refractivity contribution in [3.63, 3.8) is 0 Å². The van der Waals surface area contributed by atoms with Crippen LogP contribution in [-0.4, -0.2) is 23.3 Å². The van der Waals surface area contributed by atoms with Crippen LogP contribution in [0.5, 0.6) is 0 Å². The van der Waals surface area contributed by atoms with E-state index < -0.39 is 18.3 Å². The van der Waals surface area contributed by atoms with Gasteiger partial charge in [-0.2, -0.15) is 0 Å². The SMILES string of the molecule is CC1(C)OB(c2ccc(F)c3sc(N)nc23)OC1(C)C. The third-order valence-electron chi connectivity index (χ3n) is 4.05. The van der Waals surface area contributed by atoms with Gasteiger partial charge < -0.3 is 15.0 Å². The first-order valence-electron chi connectivity index (χ1n) is 6.41. The summed E-state index contributed by atoms with van der Waals surface area (Å²) in [6, 6.07) is 3.05. The molecule has 2 heterocycles. The van der Waals surface area contributed by atoms with Gasteiger partial charge >= 0.3 is 7.12 Å². The van der Waals surface area contributed by atoms with E-state index in [0.29, 0.717) is 20.8 Å². The number of nitrogens with zero attached hydrogens (tertiary/aromatic N) is 1. The van der Waals surface area contributed by atoms with Crippen molar-refractivity contribution in [3.05, 3.63) is 17.9 Å². The standard InChI is InChI=1S/C13H16BFN2O2S/c1-12(2)13(3,4)19-14(18-12)7-5-6-8(15)10-9(7)17-11(16)20-10/h5-6H,1-4H3,(H2,16,17). The molecule has 0 saturated carbocycles. The van der Waals surface area contributed by atoms with Gasteiger partial charge in [-0.05, 0) is 33.8 Å². The first-order valence-corrected chi connectivity index (χ1v) is 7.23. The molecule has 1 fully saturated rings. The second kappa shape index (κ2) is 4.16. The molecule has 0 aliphatic carbocycles. The lowest BCUT2D eigenvalue weighted by Crippen LogP contribution is -2.41. The molecule has 0 radical (unpaired) electrons. The summed E-state index contributed by atoms with van der Waals surface area (Å²) in [6.07, 6.45) is 0. The molecule has 2 N–H and O–H groups in total. The third kappa shape index (κ3) is 1.92. The Labute approximate surface area is 121 Å². The minimum atomic E-state index is -0.565. The first kappa shape index (κ1) is 13.8. The van der Waals surface area contributed by atoms with Crippen molar-refractivity contribution in [2.45, 2.75) is 38.9 Å². The number of benzene rings is 1. The second-order valence-electron chi connectivity index (χ2n) is 5.95. The van der Waals surface area contributed by atoms with Crippen LogP contribution in [0.4, 0.5) is 9.52 Å². The lowest BCUT2D eigenvalue weighted by molar-refractivity contribution is 0.00578. The number of thiazole rings is 1. The molecule has 20 heavy (non-hydrogen) atoms. The van der Waals surface area contributed by atoms with Gasteiger partial charge in [0.05, 0.1) is 21.4 Å². The van der Waals surface area contributed by atoms with Crippen LogP contribution in [-0.2, 0) is 9.31 Å². The fourth-order valence-electron chi connectivity index (χ4n) is 2.17. The van der Waals surface area contributed by atoms with Crippen molar-refractivity contribution in [1.82, 2.24) is 4.98 Å². The molecule has 2 aromatic rings. The van der Waals surface area contributed by atoms with Crippen molar-refractivity contribution in [3.8, 4) is 0 Å². The highest BCUT2D eigenvalue weighted by Crippen LogP contribution is 2.37. The molecule has 106 valence electrons. The molecule has 0 unspecified atom stereocenters. The van der Waals surface area contributed by atoms with E-state index in [0.717, 1.165) is 11.3 Å². The topological polar surface area (TPSA) is 57.4 Å². The van der Waals surface area contributed by atoms with E-state index in [4.69, 9.17) is 15.0 Å². The van der Waals surface area contributed by atoms with E-state index in [1.165, 1.54) is 6.07 Å². The molecule has 0 atom stereocenters. The van der Waals surface area contributed by atoms with E-state index in [2.05, 4.69) is 4.98 Å². The molecule has 1 aromatic heterocycles. The van der Waals surface area contributed by atoms with Gasteiger partial charge in [-0.1, -0.05) is 17.4 Å². The van der Waals surface area contributed by atoms with Crippen molar-refractivity contribution < 1.29 is 13.7 Å². The van der Waals surface area contributed by atoms with Crippen LogP contribution in [0.25, 0.3) is 10.2 Å². The molecule has 1 aliphatic heterocycles. The van der Waals surface area contributed by atoms with Crippen molar-refractivity contribution in [2.75, 3.05) is 5.73 Å². The van der Waals surface area contributed by atoms with Gasteiger partial charge in [-0.25, -0.2) is 9.37 Å². The third-order valence-corrected chi connectivity index (χ3v) is 4.94. The fourth-order valence-corrected chi connectivity index (χ4v) is 2.94. The smallest absolute Gasteiger partial charge is 0.399 e. The largest absolute Gasteiger partial charge is 0.497 e. The molecule has 0 bridgehead atoms. The van der Waals surface area contributed by atoms with Gasteiger partial charge in [0.2, 0.25) is 0 Å². The predicted molar refractivity (Wildman–Crippen MR) is 79.7 cm³/mol. The minimum absolute atomic E-state index is 0.325. The Balaban J connectivity index is 2.11. The maximum atomic E-state index is 13.8. The number of nitrogens with two attached hydrogens (primary N) is 1. The molecule has 0 amide bonds. The summed E-state index contributed by atoms with van der Waals surface area (Å²) in [7, 11) is -0.565. The van der Waals surface area contributed by atoms with Gasteiger partial charge in [0.1, 0.15) is 5.82 Å². The first-order chi connectivity index (χ1) is 9.21. The monoisotopic (exact) mass is 294 g/mol. The van der Waals surface area contributed by atoms with Crippen LogP contribution in [0.15, 0.2) is 12.1 Å².